The van der Waals surface area contributed by atoms with Gasteiger partial charge in [-0.05, 0) is 71.5 Å². The minimum atomic E-state index is -0.649. The van der Waals surface area contributed by atoms with Gasteiger partial charge in [0, 0.05) is 6.54 Å². The van der Waals surface area contributed by atoms with E-state index in [-0.39, 0.29) is 5.92 Å². The third-order valence-corrected chi connectivity index (χ3v) is 5.89. The number of carbonyl (C=O) groups is 1. The van der Waals surface area contributed by atoms with Gasteiger partial charge in [-0.1, -0.05) is 75.4 Å². The highest BCUT2D eigenvalue weighted by Gasteiger charge is 2.20. The van der Waals surface area contributed by atoms with Crippen molar-refractivity contribution in [3.05, 3.63) is 95.6 Å². The number of rotatable bonds is 11. The Labute approximate surface area is 209 Å². The maximum absolute atomic E-state index is 12.3. The molecule has 1 atom stereocenters. The van der Waals surface area contributed by atoms with E-state index < -0.39 is 12.0 Å². The molecule has 0 aliphatic rings. The van der Waals surface area contributed by atoms with E-state index in [1.807, 2.05) is 63.4 Å². The summed E-state index contributed by atoms with van der Waals surface area (Å²) in [6, 6.07) is 25.6. The highest BCUT2D eigenvalue weighted by Crippen LogP contribution is 2.35. The van der Waals surface area contributed by atoms with Gasteiger partial charge in [0.25, 0.3) is 0 Å². The largest absolute Gasteiger partial charge is 0.492 e. The van der Waals surface area contributed by atoms with Crippen molar-refractivity contribution in [3.63, 3.8) is 0 Å². The third-order valence-electron chi connectivity index (χ3n) is 5.89. The summed E-state index contributed by atoms with van der Waals surface area (Å²) in [6.45, 7) is 7.38. The van der Waals surface area contributed by atoms with Gasteiger partial charge in [0.15, 0.2) is 0 Å². The quantitative estimate of drug-likeness (QED) is 0.166. The van der Waals surface area contributed by atoms with Crippen molar-refractivity contribution in [2.75, 3.05) is 20.2 Å². The zero-order chi connectivity index (χ0) is 25.2. The molecule has 0 radical (unpaired) electrons. The van der Waals surface area contributed by atoms with Crippen LogP contribution in [0.5, 0.6) is 11.5 Å². The van der Waals surface area contributed by atoms with Crippen LogP contribution in [-0.4, -0.2) is 32.2 Å². The Kier molecular flexibility index (Phi) is 9.65. The molecule has 3 rings (SSSR count). The predicted octanol–water partition coefficient (Wildman–Crippen LogP) is 5.54. The van der Waals surface area contributed by atoms with Crippen LogP contribution in [0.1, 0.15) is 43.9 Å². The van der Waals surface area contributed by atoms with Gasteiger partial charge in [-0.15, -0.1) is 0 Å². The minimum absolute atomic E-state index is 0.0134. The summed E-state index contributed by atoms with van der Waals surface area (Å²) >= 11 is 0. The molecular formula is C30H36N2O3. The van der Waals surface area contributed by atoms with E-state index in [9.17, 15) is 4.79 Å². The number of hydrogen-bond donors (Lipinski definition) is 2. The number of allylic oxidation sites excluding steroid dienone is 1. The lowest BCUT2D eigenvalue weighted by Crippen LogP contribution is -2.38. The van der Waals surface area contributed by atoms with E-state index in [4.69, 9.17) is 15.2 Å². The molecule has 3 N–H and O–H groups in total. The van der Waals surface area contributed by atoms with E-state index in [0.717, 1.165) is 35.4 Å². The lowest BCUT2D eigenvalue weighted by molar-refractivity contribution is -0.136. The number of hydrogen-bond acceptors (Lipinski definition) is 5. The van der Waals surface area contributed by atoms with Crippen LogP contribution in [-0.2, 0) is 4.79 Å². The molecule has 0 aliphatic carbocycles. The van der Waals surface area contributed by atoms with E-state index >= 15 is 0 Å². The monoisotopic (exact) mass is 472 g/mol. The van der Waals surface area contributed by atoms with Crippen LogP contribution in [0, 0.1) is 5.92 Å². The maximum Gasteiger partial charge on any atom is 0.328 e. The maximum atomic E-state index is 12.3. The van der Waals surface area contributed by atoms with Gasteiger partial charge in [-0.25, -0.2) is 4.79 Å². The topological polar surface area (TPSA) is 73.6 Å². The van der Waals surface area contributed by atoms with Gasteiger partial charge >= 0.3 is 5.97 Å². The number of esters is 1. The Morgan fingerprint density at radius 1 is 0.857 bits per heavy atom. The minimum Gasteiger partial charge on any atom is -0.492 e. The number of nitrogens with one attached hydrogen (secondary N) is 1. The van der Waals surface area contributed by atoms with Crippen molar-refractivity contribution in [1.82, 2.24) is 5.32 Å². The molecule has 5 heteroatoms. The molecule has 0 unspecified atom stereocenters. The molecular weight excluding hydrogens is 436 g/mol. The Balaban J connectivity index is 1.98. The van der Waals surface area contributed by atoms with Crippen LogP contribution >= 0.6 is 0 Å². The van der Waals surface area contributed by atoms with Gasteiger partial charge in [-0.3, -0.25) is 0 Å². The zero-order valence-electron chi connectivity index (χ0n) is 21.1. The molecule has 0 spiro atoms. The molecule has 35 heavy (non-hydrogen) atoms. The molecule has 184 valence electrons. The summed E-state index contributed by atoms with van der Waals surface area (Å²) in [7, 11) is 1.91. The summed E-state index contributed by atoms with van der Waals surface area (Å²) in [6.07, 6.45) is 0.861. The van der Waals surface area contributed by atoms with E-state index in [1.165, 1.54) is 11.1 Å². The summed E-state index contributed by atoms with van der Waals surface area (Å²) in [4.78, 5) is 12.3. The van der Waals surface area contributed by atoms with Crippen LogP contribution in [0.15, 0.2) is 78.9 Å². The van der Waals surface area contributed by atoms with Crippen LogP contribution in [0.3, 0.4) is 0 Å². The van der Waals surface area contributed by atoms with E-state index in [2.05, 4.69) is 48.6 Å². The van der Waals surface area contributed by atoms with Gasteiger partial charge < -0.3 is 20.5 Å². The number of nitrogens with two attached hydrogens (primary N) is 1. The van der Waals surface area contributed by atoms with E-state index in [1.54, 1.807) is 0 Å². The zero-order valence-corrected chi connectivity index (χ0v) is 21.1. The first-order valence-electron chi connectivity index (χ1n) is 12.2. The summed E-state index contributed by atoms with van der Waals surface area (Å²) < 4.78 is 11.3. The lowest BCUT2D eigenvalue weighted by Gasteiger charge is -2.18. The molecule has 5 nitrogen and oxygen atoms in total. The second-order valence-corrected chi connectivity index (χ2v) is 8.76. The smallest absolute Gasteiger partial charge is 0.328 e. The fraction of sp³-hybridized carbons (Fsp3) is 0.300. The predicted molar refractivity (Wildman–Crippen MR) is 143 cm³/mol. The second kappa shape index (κ2) is 12.9. The molecule has 3 aromatic rings. The van der Waals surface area contributed by atoms with Crippen LogP contribution in [0.25, 0.3) is 11.1 Å². The van der Waals surface area contributed by atoms with Crippen molar-refractivity contribution in [3.8, 4) is 11.5 Å². The fourth-order valence-electron chi connectivity index (χ4n) is 3.81. The van der Waals surface area contributed by atoms with Crippen LogP contribution in [0.2, 0.25) is 0 Å². The van der Waals surface area contributed by atoms with Gasteiger partial charge in [-0.2, -0.15) is 0 Å². The number of likely N-dealkylation sites (N-methyl/N-ethyl adjacent to an activating group) is 1. The molecule has 0 heterocycles. The third kappa shape index (κ3) is 7.04. The highest BCUT2D eigenvalue weighted by molar-refractivity contribution is 5.98. The van der Waals surface area contributed by atoms with Crippen molar-refractivity contribution in [2.45, 2.75) is 33.2 Å². The van der Waals surface area contributed by atoms with Crippen molar-refractivity contribution in [2.24, 2.45) is 11.7 Å². The highest BCUT2D eigenvalue weighted by atomic mass is 16.5. The van der Waals surface area contributed by atoms with Crippen molar-refractivity contribution in [1.29, 1.82) is 0 Å². The molecule has 0 fully saturated rings. The SMILES string of the molecule is CC/C(=C(/c1ccc(OCCNC)cc1)c1ccc(OC(=O)[C@@H](N)C(C)C)cc1)c1ccccc1. The Morgan fingerprint density at radius 2 is 1.43 bits per heavy atom. The van der Waals surface area contributed by atoms with E-state index in [0.29, 0.717) is 12.4 Å². The number of carbonyl (C=O) groups excluding carboxylic acids is 1. The first-order chi connectivity index (χ1) is 16.9. The average molecular weight is 473 g/mol. The molecule has 0 saturated carbocycles. The van der Waals surface area contributed by atoms with Gasteiger partial charge in [0.05, 0.1) is 0 Å². The molecule has 0 aliphatic heterocycles. The Morgan fingerprint density at radius 3 is 1.94 bits per heavy atom. The summed E-state index contributed by atoms with van der Waals surface area (Å²) in [5.41, 5.74) is 11.6. The number of benzene rings is 3. The average Bonchev–Trinajstić information content (AvgIpc) is 2.88. The fourth-order valence-corrected chi connectivity index (χ4v) is 3.81. The summed E-state index contributed by atoms with van der Waals surface area (Å²) in [5, 5.41) is 3.09. The normalized spacial score (nSPS) is 12.7. The second-order valence-electron chi connectivity index (χ2n) is 8.76. The van der Waals surface area contributed by atoms with Crippen molar-refractivity contribution < 1.29 is 14.3 Å². The standard InChI is InChI=1S/C30H36N2O3/c1-5-27(22-9-7-6-8-10-22)28(23-11-15-25(16-12-23)34-20-19-32-4)24-13-17-26(18-14-24)35-30(33)29(31)21(2)3/h6-18,21,29,32H,5,19-20,31H2,1-4H3/b28-27+/t29-/m0/s1. The van der Waals surface area contributed by atoms with Gasteiger partial charge in [0.2, 0.25) is 0 Å². The first-order valence-corrected chi connectivity index (χ1v) is 12.2. The molecule has 0 amide bonds. The molecule has 3 aromatic carbocycles. The van der Waals surface area contributed by atoms with Gasteiger partial charge in [0.1, 0.15) is 24.1 Å². The molecule has 0 bridgehead atoms. The van der Waals surface area contributed by atoms with Crippen LogP contribution in [0.4, 0.5) is 0 Å². The number of ether oxygens (including phenoxy) is 2. The Bertz CT molecular complexity index is 1100. The molecule has 0 aromatic heterocycles. The lowest BCUT2D eigenvalue weighted by atomic mass is 9.88. The molecule has 0 saturated heterocycles. The van der Waals surface area contributed by atoms with Crippen molar-refractivity contribution >= 4 is 17.1 Å². The van der Waals surface area contributed by atoms with Crippen LogP contribution < -0.4 is 20.5 Å². The Hall–Kier alpha value is -3.41. The summed E-state index contributed by atoms with van der Waals surface area (Å²) in [5.74, 6) is 0.917. The first kappa shape index (κ1) is 26.2.